The van der Waals surface area contributed by atoms with Gasteiger partial charge in [0, 0.05) is 27.2 Å². The maximum atomic E-state index is 13.2. The number of rotatable bonds is 28. The highest BCUT2D eigenvalue weighted by molar-refractivity contribution is 5.77. The molecule has 0 saturated carbocycles. The van der Waals surface area contributed by atoms with Gasteiger partial charge in [-0.3, -0.25) is 19.2 Å². The summed E-state index contributed by atoms with van der Waals surface area (Å²) in [5, 5.41) is 217. The summed E-state index contributed by atoms with van der Waals surface area (Å²) in [6, 6.07) is -6.35. The van der Waals surface area contributed by atoms with Gasteiger partial charge in [0.25, 0.3) is 5.79 Å². The highest BCUT2D eigenvalue weighted by Gasteiger charge is 2.62. The van der Waals surface area contributed by atoms with Crippen LogP contribution in [-0.4, -0.2) is 376 Å². The van der Waals surface area contributed by atoms with Crippen LogP contribution in [0.25, 0.3) is 0 Å². The summed E-state index contributed by atoms with van der Waals surface area (Å²) in [5.74, 6) is -8.01. The van der Waals surface area contributed by atoms with Crippen LogP contribution in [0, 0.1) is 0 Å². The van der Waals surface area contributed by atoms with Crippen LogP contribution in [0.2, 0.25) is 0 Å². The molecular weight excluding hydrogens is 1220 g/mol. The first kappa shape index (κ1) is 74.2. The van der Waals surface area contributed by atoms with E-state index in [2.05, 4.69) is 21.3 Å². The minimum atomic E-state index is -3.27. The maximum absolute atomic E-state index is 13.2. The van der Waals surface area contributed by atoms with Gasteiger partial charge in [0.05, 0.1) is 71.0 Å². The van der Waals surface area contributed by atoms with Crippen molar-refractivity contribution in [3.05, 3.63) is 0 Å². The van der Waals surface area contributed by atoms with Crippen molar-refractivity contribution in [1.82, 2.24) is 21.3 Å². The van der Waals surface area contributed by atoms with Crippen molar-refractivity contribution in [2.45, 2.75) is 223 Å². The highest BCUT2D eigenvalue weighted by Crippen LogP contribution is 2.40. The van der Waals surface area contributed by atoms with Crippen molar-refractivity contribution in [3.63, 3.8) is 0 Å². The number of carboxylic acids is 1. The normalized spacial score (nSPS) is 43.8. The van der Waals surface area contributed by atoms with Crippen molar-refractivity contribution in [3.8, 4) is 0 Å². The Bertz CT molecular complexity index is 2270. The summed E-state index contributed by atoms with van der Waals surface area (Å²) in [6.45, 7) is -4.67. The zero-order valence-corrected chi connectivity index (χ0v) is 47.8. The SMILES string of the molecule is CC(=O)N[C@H]1[C@H](OC[C@H]2O[C@@H](O[C@H]3[C@H](O)[C@@H](O)[C@H](OC[C@@H](CO)NC=O)O[C@@H]3CO)[C@H](O)[C@@H](O[C@@H]3O[C@H](CO)[C@@H](O)[C@H](O[C@@H]4O[C@H](CO)[C@H](O)[C@H](O[C@]5(C(=O)O)C[C@H](O)[C@@H](NC(C)=O)[C@H]([C@H](O)[C@H](O)CO)O5)[C@H]4O)[C@H]3NC(C)=O)[C@H]2O)O[C@H](CO)[C@@H](O)[C@@H]1O. The van der Waals surface area contributed by atoms with Crippen molar-refractivity contribution in [2.75, 3.05) is 52.9 Å². The molecule has 32 atom stereocenters. The van der Waals surface area contributed by atoms with Gasteiger partial charge in [-0.15, -0.1) is 0 Å². The molecule has 23 N–H and O–H groups in total. The highest BCUT2D eigenvalue weighted by atomic mass is 16.8. The molecule has 0 bridgehead atoms. The van der Waals surface area contributed by atoms with Crippen LogP contribution in [0.15, 0.2) is 0 Å². The summed E-state index contributed by atoms with van der Waals surface area (Å²) in [5.41, 5.74) is 0. The molecule has 4 amide bonds. The Hall–Kier alpha value is -3.85. The first-order valence-corrected chi connectivity index (χ1v) is 27.9. The number of amides is 4. The molecule has 0 spiro atoms. The fourth-order valence-electron chi connectivity index (χ4n) is 10.9. The molecule has 514 valence electrons. The lowest BCUT2D eigenvalue weighted by atomic mass is 9.88. The van der Waals surface area contributed by atoms with Crippen LogP contribution in [-0.2, 0) is 80.8 Å². The van der Waals surface area contributed by atoms with E-state index in [1.54, 1.807) is 0 Å². The van der Waals surface area contributed by atoms with Gasteiger partial charge in [0.15, 0.2) is 31.5 Å². The standard InChI is InChI=1S/C49H82N4O36/c1-14(61)51-25-18(64)4-49(48(76)77,88-40(25)28(66)19(65)6-55)89-42-31(69)22(9-58)82-47(37(42)75)86-39-27(53-16(3)63)44(81-21(8-57)30(39)68)87-41-32(70)24(12-79-43-26(52-15(2)62)33(71)29(67)20(7-56)80-43)84-46(36(41)74)85-38-23(10-59)83-45(35(73)34(38)72)78-11-17(5-54)50-13-60/h13,17-47,54-59,64-75H,4-12H2,1-3H3,(H,50,60)(H,51,61)(H,52,62)(H,53,63)(H,76,77)/t17-,18+,19-,20-,21-,22-,23-,24-,25-,26-,27-,28-,29-,30-,31+,32+,33-,34-,35-,36-,37-,38-,39-,40-,41+,42+,43-,44+,45-,46+,47+,49+/m1/s1. The summed E-state index contributed by atoms with van der Waals surface area (Å²) in [4.78, 5) is 61.7. The smallest absolute Gasteiger partial charge is 0.364 e. The number of aliphatic carboxylic acids is 1. The van der Waals surface area contributed by atoms with Gasteiger partial charge in [0.1, 0.15) is 140 Å². The van der Waals surface area contributed by atoms with Crippen LogP contribution in [0.3, 0.4) is 0 Å². The Morgan fingerprint density at radius 2 is 1.00 bits per heavy atom. The van der Waals surface area contributed by atoms with E-state index in [9.17, 15) is 121 Å². The Morgan fingerprint density at radius 3 is 1.55 bits per heavy atom. The largest absolute Gasteiger partial charge is 0.477 e. The molecule has 6 heterocycles. The number of carboxylic acid groups (broad SMARTS) is 1. The van der Waals surface area contributed by atoms with Crippen molar-refractivity contribution in [2.24, 2.45) is 0 Å². The van der Waals surface area contributed by atoms with E-state index in [0.29, 0.717) is 0 Å². The quantitative estimate of drug-likeness (QED) is 0.0324. The van der Waals surface area contributed by atoms with Crippen LogP contribution in [0.1, 0.15) is 27.2 Å². The molecule has 89 heavy (non-hydrogen) atoms. The molecule has 6 aliphatic rings. The van der Waals surface area contributed by atoms with Gasteiger partial charge in [-0.25, -0.2) is 4.79 Å². The predicted octanol–water partition coefficient (Wildman–Crippen LogP) is -15.3. The number of carbonyl (C=O) groups excluding carboxylic acids is 4. The van der Waals surface area contributed by atoms with E-state index in [1.165, 1.54) is 0 Å². The molecule has 0 aromatic carbocycles. The Labute approximate surface area is 504 Å². The Kier molecular flexibility index (Phi) is 27.4. The molecule has 40 nitrogen and oxygen atoms in total. The molecule has 6 fully saturated rings. The first-order valence-electron chi connectivity index (χ1n) is 27.9. The number of ether oxygens (including phenoxy) is 12. The fourth-order valence-corrected chi connectivity index (χ4v) is 10.9. The molecule has 6 aliphatic heterocycles. The molecule has 6 rings (SSSR count). The van der Waals surface area contributed by atoms with Crippen LogP contribution >= 0.6 is 0 Å². The monoisotopic (exact) mass is 1300 g/mol. The van der Waals surface area contributed by atoms with E-state index in [4.69, 9.17) is 56.8 Å². The van der Waals surface area contributed by atoms with E-state index in [-0.39, 0.29) is 6.41 Å². The molecule has 0 aromatic heterocycles. The average Bonchev–Trinajstić information content (AvgIpc) is 2.03. The Balaban J connectivity index is 1.34. The number of aliphatic hydroxyl groups excluding tert-OH is 18. The van der Waals surface area contributed by atoms with E-state index < -0.39 is 279 Å². The summed E-state index contributed by atoms with van der Waals surface area (Å²) < 4.78 is 69.7. The zero-order chi connectivity index (χ0) is 66.1. The summed E-state index contributed by atoms with van der Waals surface area (Å²) in [7, 11) is 0. The number of hydrogen-bond acceptors (Lipinski definition) is 35. The second-order valence-corrected chi connectivity index (χ2v) is 21.9. The molecule has 0 aliphatic carbocycles. The lowest BCUT2D eigenvalue weighted by molar-refractivity contribution is -0.390. The van der Waals surface area contributed by atoms with Crippen LogP contribution in [0.5, 0.6) is 0 Å². The third-order valence-corrected chi connectivity index (χ3v) is 15.6. The van der Waals surface area contributed by atoms with E-state index in [0.717, 1.165) is 20.8 Å². The summed E-state index contributed by atoms with van der Waals surface area (Å²) >= 11 is 0. The predicted molar refractivity (Wildman–Crippen MR) is 275 cm³/mol. The minimum absolute atomic E-state index is 0.241. The molecular formula is C49H82N4O36. The van der Waals surface area contributed by atoms with Crippen LogP contribution < -0.4 is 21.3 Å². The Morgan fingerprint density at radius 1 is 0.517 bits per heavy atom. The van der Waals surface area contributed by atoms with E-state index in [1.807, 2.05) is 0 Å². The second-order valence-electron chi connectivity index (χ2n) is 21.9. The molecule has 0 radical (unpaired) electrons. The van der Waals surface area contributed by atoms with Crippen molar-refractivity contribution < 1.29 is 178 Å². The molecule has 6 saturated heterocycles. The lowest BCUT2D eigenvalue weighted by Crippen LogP contribution is -2.71. The second kappa shape index (κ2) is 32.8. The summed E-state index contributed by atoms with van der Waals surface area (Å²) in [6.07, 6.45) is -57.1. The van der Waals surface area contributed by atoms with Crippen molar-refractivity contribution in [1.29, 1.82) is 0 Å². The zero-order valence-electron chi connectivity index (χ0n) is 47.8. The number of aliphatic hydroxyl groups is 18. The lowest BCUT2D eigenvalue weighted by Gasteiger charge is -2.51. The van der Waals surface area contributed by atoms with Gasteiger partial charge in [-0.05, 0) is 0 Å². The topological polar surface area (TPSA) is 629 Å². The van der Waals surface area contributed by atoms with Gasteiger partial charge in [0.2, 0.25) is 24.1 Å². The number of hydrogen-bond donors (Lipinski definition) is 23. The van der Waals surface area contributed by atoms with Gasteiger partial charge >= 0.3 is 5.97 Å². The fraction of sp³-hybridized carbons (Fsp3) is 0.898. The third kappa shape index (κ3) is 17.1. The van der Waals surface area contributed by atoms with Crippen molar-refractivity contribution >= 4 is 30.1 Å². The molecule has 40 heteroatoms. The number of nitrogens with one attached hydrogen (secondary N) is 4. The molecule has 0 aromatic rings. The molecule has 0 unspecified atom stereocenters. The van der Waals surface area contributed by atoms with E-state index >= 15 is 0 Å². The maximum Gasteiger partial charge on any atom is 0.364 e. The number of carbonyl (C=O) groups is 5. The van der Waals surface area contributed by atoms with Crippen LogP contribution in [0.4, 0.5) is 0 Å². The van der Waals surface area contributed by atoms with Gasteiger partial charge < -0.3 is 175 Å². The first-order chi connectivity index (χ1) is 42.0. The van der Waals surface area contributed by atoms with Gasteiger partial charge in [-0.1, -0.05) is 0 Å². The third-order valence-electron chi connectivity index (χ3n) is 15.6. The minimum Gasteiger partial charge on any atom is -0.477 e. The van der Waals surface area contributed by atoms with Gasteiger partial charge in [-0.2, -0.15) is 0 Å². The average molecular weight is 1300 g/mol.